The zero-order chi connectivity index (χ0) is 16.6. The van der Waals surface area contributed by atoms with Crippen molar-refractivity contribution in [3.05, 3.63) is 22.2 Å². The second kappa shape index (κ2) is 6.04. The lowest BCUT2D eigenvalue weighted by Gasteiger charge is -2.37. The van der Waals surface area contributed by atoms with Crippen molar-refractivity contribution in [3.8, 4) is 0 Å². The van der Waals surface area contributed by atoms with Gasteiger partial charge >= 0.3 is 0 Å². The van der Waals surface area contributed by atoms with Crippen LogP contribution < -0.4 is 5.32 Å². The summed E-state index contributed by atoms with van der Waals surface area (Å²) in [5.41, 5.74) is 0.534. The van der Waals surface area contributed by atoms with Gasteiger partial charge in [0.05, 0.1) is 29.9 Å². The van der Waals surface area contributed by atoms with E-state index in [9.17, 15) is 20.3 Å². The number of aromatic amines is 1. The molecule has 1 aliphatic heterocycles. The van der Waals surface area contributed by atoms with Crippen LogP contribution in [0, 0.1) is 10.1 Å². The maximum Gasteiger partial charge on any atom is 0.299 e. The fourth-order valence-corrected chi connectivity index (χ4v) is 2.55. The molecular formula is C12H15N5O6. The van der Waals surface area contributed by atoms with Crippen LogP contribution in [0.5, 0.6) is 0 Å². The number of aliphatic hydroxyl groups is 3. The highest BCUT2D eigenvalue weighted by Crippen LogP contribution is 2.29. The molecule has 0 bridgehead atoms. The number of rotatable bonds is 4. The van der Waals surface area contributed by atoms with E-state index < -0.39 is 35.9 Å². The number of nitrogens with zero attached hydrogens (tertiary/aromatic N) is 3. The Morgan fingerprint density at radius 2 is 2.09 bits per heavy atom. The van der Waals surface area contributed by atoms with Gasteiger partial charge in [0.15, 0.2) is 5.52 Å². The van der Waals surface area contributed by atoms with Crippen molar-refractivity contribution in [2.24, 2.45) is 0 Å². The number of benzene rings is 1. The summed E-state index contributed by atoms with van der Waals surface area (Å²) in [6.45, 7) is -0.365. The number of non-ortho nitro benzene ring substituents is 1. The van der Waals surface area contributed by atoms with Crippen LogP contribution in [0.4, 0.5) is 11.4 Å². The number of fused-ring (bicyclic) bond motifs is 1. The molecule has 4 atom stereocenters. The van der Waals surface area contributed by atoms with Gasteiger partial charge in [-0.1, -0.05) is 0 Å². The van der Waals surface area contributed by atoms with E-state index in [-0.39, 0.29) is 23.3 Å². The molecule has 0 aliphatic carbocycles. The molecule has 124 valence electrons. The van der Waals surface area contributed by atoms with Crippen LogP contribution in [0.25, 0.3) is 11.0 Å². The van der Waals surface area contributed by atoms with Gasteiger partial charge in [0.2, 0.25) is 0 Å². The summed E-state index contributed by atoms with van der Waals surface area (Å²) in [6.07, 6.45) is -3.29. The van der Waals surface area contributed by atoms with Gasteiger partial charge in [0, 0.05) is 6.07 Å². The molecule has 0 unspecified atom stereocenters. The van der Waals surface area contributed by atoms with Crippen molar-refractivity contribution in [3.63, 3.8) is 0 Å². The molecule has 2 aromatic rings. The third kappa shape index (κ3) is 2.70. The lowest BCUT2D eigenvalue weighted by molar-refractivity contribution is -0.383. The molecule has 1 fully saturated rings. The van der Waals surface area contributed by atoms with Gasteiger partial charge in [0.1, 0.15) is 23.8 Å². The summed E-state index contributed by atoms with van der Waals surface area (Å²) in [5.74, 6) is 0. The van der Waals surface area contributed by atoms with Crippen LogP contribution in [0.2, 0.25) is 0 Å². The number of aromatic nitrogens is 3. The minimum atomic E-state index is -1.25. The number of hydrogen-bond acceptors (Lipinski definition) is 9. The van der Waals surface area contributed by atoms with Crippen molar-refractivity contribution in [2.75, 3.05) is 18.5 Å². The molecule has 3 rings (SSSR count). The summed E-state index contributed by atoms with van der Waals surface area (Å²) in [6, 6.07) is 2.05. The highest BCUT2D eigenvalue weighted by Gasteiger charge is 2.38. The molecule has 2 heterocycles. The molecule has 11 nitrogen and oxygen atoms in total. The maximum absolute atomic E-state index is 11.0. The quantitative estimate of drug-likeness (QED) is 0.341. The van der Waals surface area contributed by atoms with Crippen LogP contribution in [0.3, 0.4) is 0 Å². The van der Waals surface area contributed by atoms with E-state index in [2.05, 4.69) is 20.7 Å². The van der Waals surface area contributed by atoms with E-state index in [0.29, 0.717) is 5.69 Å². The molecule has 1 aromatic heterocycles. The first kappa shape index (κ1) is 15.6. The first-order chi connectivity index (χ1) is 11.0. The summed E-state index contributed by atoms with van der Waals surface area (Å²) >= 11 is 0. The lowest BCUT2D eigenvalue weighted by Crippen LogP contribution is -2.56. The van der Waals surface area contributed by atoms with E-state index in [1.165, 1.54) is 12.1 Å². The van der Waals surface area contributed by atoms with Gasteiger partial charge in [-0.3, -0.25) is 10.1 Å². The molecule has 23 heavy (non-hydrogen) atoms. The second-order valence-electron chi connectivity index (χ2n) is 5.20. The lowest BCUT2D eigenvalue weighted by atomic mass is 9.98. The Morgan fingerprint density at radius 3 is 2.78 bits per heavy atom. The molecule has 5 N–H and O–H groups in total. The Labute approximate surface area is 129 Å². The molecule has 0 saturated carbocycles. The van der Waals surface area contributed by atoms with Crippen LogP contribution >= 0.6 is 0 Å². The number of hydrogen-bond donors (Lipinski definition) is 5. The number of nitro groups is 1. The summed E-state index contributed by atoms with van der Waals surface area (Å²) < 4.78 is 5.28. The second-order valence-corrected chi connectivity index (χ2v) is 5.20. The van der Waals surface area contributed by atoms with Gasteiger partial charge in [-0.25, -0.2) is 0 Å². The van der Waals surface area contributed by atoms with E-state index in [1.807, 2.05) is 0 Å². The van der Waals surface area contributed by atoms with Crippen molar-refractivity contribution < 1.29 is 25.0 Å². The van der Waals surface area contributed by atoms with Crippen molar-refractivity contribution in [2.45, 2.75) is 24.4 Å². The molecule has 1 saturated heterocycles. The predicted octanol–water partition coefficient (Wildman–Crippen LogP) is -1.24. The number of nitro benzene ring substituents is 1. The maximum atomic E-state index is 11.0. The molecule has 0 spiro atoms. The van der Waals surface area contributed by atoms with Crippen LogP contribution in [0.15, 0.2) is 12.1 Å². The van der Waals surface area contributed by atoms with E-state index in [4.69, 9.17) is 9.84 Å². The summed E-state index contributed by atoms with van der Waals surface area (Å²) in [4.78, 5) is 10.4. The number of H-pyrrole nitrogens is 1. The third-order valence-electron chi connectivity index (χ3n) is 3.80. The van der Waals surface area contributed by atoms with Gasteiger partial charge in [-0.05, 0) is 6.07 Å². The van der Waals surface area contributed by atoms with Crippen LogP contribution in [0.1, 0.15) is 0 Å². The van der Waals surface area contributed by atoms with Gasteiger partial charge < -0.3 is 25.4 Å². The Kier molecular flexibility index (Phi) is 4.09. The zero-order valence-corrected chi connectivity index (χ0v) is 11.8. The molecule has 1 aromatic carbocycles. The third-order valence-corrected chi connectivity index (χ3v) is 3.80. The van der Waals surface area contributed by atoms with Gasteiger partial charge in [-0.15, -0.1) is 5.10 Å². The Bertz CT molecular complexity index is 721. The highest BCUT2D eigenvalue weighted by atomic mass is 16.6. The van der Waals surface area contributed by atoms with Crippen molar-refractivity contribution in [1.82, 2.24) is 15.4 Å². The normalized spacial score (nSPS) is 28.0. The molecule has 1 aliphatic rings. The number of ether oxygens (including phenoxy) is 1. The first-order valence-corrected chi connectivity index (χ1v) is 6.86. The summed E-state index contributed by atoms with van der Waals surface area (Å²) in [7, 11) is 0. The first-order valence-electron chi connectivity index (χ1n) is 6.86. The van der Waals surface area contributed by atoms with E-state index in [0.717, 1.165) is 0 Å². The molecule has 11 heteroatoms. The average Bonchev–Trinajstić information content (AvgIpc) is 3.01. The Balaban J connectivity index is 1.86. The fourth-order valence-electron chi connectivity index (χ4n) is 2.55. The molecule has 0 amide bonds. The van der Waals surface area contributed by atoms with Crippen molar-refractivity contribution in [1.29, 1.82) is 0 Å². The number of anilines is 1. The fraction of sp³-hybridized carbons (Fsp3) is 0.500. The van der Waals surface area contributed by atoms with Crippen molar-refractivity contribution >= 4 is 22.4 Å². The topological polar surface area (TPSA) is 167 Å². The Morgan fingerprint density at radius 1 is 1.35 bits per heavy atom. The van der Waals surface area contributed by atoms with E-state index in [1.54, 1.807) is 0 Å². The standard InChI is InChI=1S/C12H15N5O6/c18-3-8-12(20)11(19)6(4-23-8)13-5-1-2-7(17(21)22)10-9(5)14-16-15-10/h1-2,6,8,11-13,18-20H,3-4H2,(H,14,15,16)/t6-,8+,11+,12+/m0/s1. The van der Waals surface area contributed by atoms with E-state index >= 15 is 0 Å². The molecule has 0 radical (unpaired) electrons. The van der Waals surface area contributed by atoms with Gasteiger partial charge in [-0.2, -0.15) is 10.3 Å². The monoisotopic (exact) mass is 325 g/mol. The zero-order valence-electron chi connectivity index (χ0n) is 11.8. The van der Waals surface area contributed by atoms with Crippen LogP contribution in [-0.2, 0) is 4.74 Å². The minimum Gasteiger partial charge on any atom is -0.394 e. The Hall–Kier alpha value is -2.34. The number of aliphatic hydroxyl groups excluding tert-OH is 3. The SMILES string of the molecule is O=[N+]([O-])c1ccc(N[C@H]2CO[C@H](CO)[C@@H](O)[C@@H]2O)c2n[nH]nc12. The summed E-state index contributed by atoms with van der Waals surface area (Å²) in [5, 5.41) is 52.9. The number of nitrogens with one attached hydrogen (secondary N) is 2. The highest BCUT2D eigenvalue weighted by molar-refractivity contribution is 5.93. The van der Waals surface area contributed by atoms with Gasteiger partial charge in [0.25, 0.3) is 5.69 Å². The largest absolute Gasteiger partial charge is 0.394 e. The predicted molar refractivity (Wildman–Crippen MR) is 76.8 cm³/mol. The smallest absolute Gasteiger partial charge is 0.299 e. The minimum absolute atomic E-state index is 0.0415. The molecular weight excluding hydrogens is 310 g/mol. The van der Waals surface area contributed by atoms with Crippen LogP contribution in [-0.4, -0.2) is 73.2 Å². The average molecular weight is 325 g/mol.